The first-order chi connectivity index (χ1) is 9.04. The molecule has 1 aliphatic carbocycles. The molecule has 2 amide bonds. The van der Waals surface area contributed by atoms with Gasteiger partial charge < -0.3 is 15.7 Å². The van der Waals surface area contributed by atoms with E-state index in [2.05, 4.69) is 10.6 Å². The van der Waals surface area contributed by atoms with Crippen LogP contribution in [0.25, 0.3) is 0 Å². The number of carboxylic acid groups (broad SMARTS) is 1. The lowest BCUT2D eigenvalue weighted by Crippen LogP contribution is -2.50. The van der Waals surface area contributed by atoms with Gasteiger partial charge in [0.25, 0.3) is 0 Å². The number of amides is 2. The minimum Gasteiger partial charge on any atom is -0.480 e. The lowest BCUT2D eigenvalue weighted by Gasteiger charge is -2.28. The first kappa shape index (κ1) is 16.1. The Kier molecular flexibility index (Phi) is 7.05. The maximum Gasteiger partial charge on any atom is 0.326 e. The minimum absolute atomic E-state index is 0.0648. The highest BCUT2D eigenvalue weighted by atomic mass is 32.2. The summed E-state index contributed by atoms with van der Waals surface area (Å²) in [5.74, 6) is -0.866. The molecule has 0 aromatic rings. The Morgan fingerprint density at radius 3 is 2.47 bits per heavy atom. The molecule has 0 heterocycles. The molecule has 0 aromatic heterocycles. The molecule has 1 fully saturated rings. The molecule has 110 valence electrons. The fourth-order valence-electron chi connectivity index (χ4n) is 2.36. The molecule has 0 aliphatic heterocycles. The van der Waals surface area contributed by atoms with Crippen molar-refractivity contribution in [3.63, 3.8) is 0 Å². The third-order valence-electron chi connectivity index (χ3n) is 3.63. The summed E-state index contributed by atoms with van der Waals surface area (Å²) in [4.78, 5) is 23.0. The molecule has 1 aliphatic rings. The minimum atomic E-state index is -0.931. The summed E-state index contributed by atoms with van der Waals surface area (Å²) >= 11 is 1.66. The van der Waals surface area contributed by atoms with Gasteiger partial charge in [0.1, 0.15) is 6.04 Å². The molecule has 0 spiro atoms. The average molecular weight is 288 g/mol. The fraction of sp³-hybridized carbons (Fsp3) is 0.846. The van der Waals surface area contributed by atoms with E-state index in [0.29, 0.717) is 11.8 Å². The van der Waals surface area contributed by atoms with Gasteiger partial charge in [0.05, 0.1) is 0 Å². The van der Waals surface area contributed by atoms with E-state index in [1.165, 1.54) is 6.42 Å². The average Bonchev–Trinajstić information content (AvgIpc) is 2.42. The maximum absolute atomic E-state index is 11.7. The van der Waals surface area contributed by atoms with Gasteiger partial charge in [-0.1, -0.05) is 26.2 Å². The number of carboxylic acids is 1. The molecule has 0 radical (unpaired) electrons. The molecule has 1 saturated carbocycles. The summed E-state index contributed by atoms with van der Waals surface area (Å²) < 4.78 is 0. The monoisotopic (exact) mass is 288 g/mol. The molecule has 1 rings (SSSR count). The van der Waals surface area contributed by atoms with Crippen LogP contribution in [-0.2, 0) is 4.79 Å². The van der Waals surface area contributed by atoms with Crippen molar-refractivity contribution in [3.8, 4) is 0 Å². The maximum atomic E-state index is 11.7. The summed E-state index contributed by atoms with van der Waals surface area (Å²) in [6.07, 6.45) is 7.03. The molecule has 3 N–H and O–H groups in total. The van der Waals surface area contributed by atoms with Gasteiger partial charge in [-0.15, -0.1) is 0 Å². The predicted molar refractivity (Wildman–Crippen MR) is 77.5 cm³/mol. The van der Waals surface area contributed by atoms with Crippen molar-refractivity contribution in [1.82, 2.24) is 10.6 Å². The third-order valence-corrected chi connectivity index (χ3v) is 4.60. The second-order valence-corrected chi connectivity index (χ2v) is 6.39. The summed E-state index contributed by atoms with van der Waals surface area (Å²) in [7, 11) is 0. The molecule has 2 unspecified atom stereocenters. The van der Waals surface area contributed by atoms with Crippen molar-refractivity contribution in [1.29, 1.82) is 0 Å². The summed E-state index contributed by atoms with van der Waals surface area (Å²) in [6, 6.07) is -1.14. The van der Waals surface area contributed by atoms with Gasteiger partial charge in [-0.2, -0.15) is 11.8 Å². The van der Waals surface area contributed by atoms with Crippen molar-refractivity contribution in [2.24, 2.45) is 5.92 Å². The normalized spacial score (nSPS) is 19.5. The van der Waals surface area contributed by atoms with Crippen LogP contribution in [0.15, 0.2) is 0 Å². The SMILES string of the molecule is CSC(C)CNC(=O)NC(C(=O)O)C1CCCCC1. The zero-order valence-electron chi connectivity index (χ0n) is 11.6. The van der Waals surface area contributed by atoms with Gasteiger partial charge in [-0.3, -0.25) is 0 Å². The number of thioether (sulfide) groups is 1. The number of hydrogen-bond donors (Lipinski definition) is 3. The largest absolute Gasteiger partial charge is 0.480 e. The van der Waals surface area contributed by atoms with Gasteiger partial charge in [0, 0.05) is 11.8 Å². The number of urea groups is 1. The van der Waals surface area contributed by atoms with Crippen molar-refractivity contribution < 1.29 is 14.7 Å². The van der Waals surface area contributed by atoms with E-state index < -0.39 is 12.0 Å². The number of carbonyl (C=O) groups is 2. The smallest absolute Gasteiger partial charge is 0.326 e. The second kappa shape index (κ2) is 8.30. The molecule has 0 aromatic carbocycles. The van der Waals surface area contributed by atoms with Crippen molar-refractivity contribution in [3.05, 3.63) is 0 Å². The summed E-state index contributed by atoms with van der Waals surface area (Å²) in [5, 5.41) is 14.9. The fourth-order valence-corrected chi connectivity index (χ4v) is 2.61. The molecular formula is C13H24N2O3S. The number of hydrogen-bond acceptors (Lipinski definition) is 3. The Labute approximate surface area is 118 Å². The zero-order chi connectivity index (χ0) is 14.3. The van der Waals surface area contributed by atoms with Crippen molar-refractivity contribution in [2.45, 2.75) is 50.3 Å². The Morgan fingerprint density at radius 2 is 1.95 bits per heavy atom. The van der Waals surface area contributed by atoms with Crippen LogP contribution in [0.5, 0.6) is 0 Å². The summed E-state index contributed by atoms with van der Waals surface area (Å²) in [6.45, 7) is 2.56. The van der Waals surface area contributed by atoms with Crippen LogP contribution in [0.4, 0.5) is 4.79 Å². The standard InChI is InChI=1S/C13H24N2O3S/c1-9(19-2)8-14-13(18)15-11(12(16)17)10-6-4-3-5-7-10/h9-11H,3-8H2,1-2H3,(H,16,17)(H2,14,15,18). The van der Waals surface area contributed by atoms with Gasteiger partial charge in [-0.05, 0) is 25.0 Å². The lowest BCUT2D eigenvalue weighted by atomic mass is 9.84. The highest BCUT2D eigenvalue weighted by Crippen LogP contribution is 2.26. The number of nitrogens with one attached hydrogen (secondary N) is 2. The van der Waals surface area contributed by atoms with Gasteiger partial charge in [-0.25, -0.2) is 9.59 Å². The van der Waals surface area contributed by atoms with Crippen LogP contribution in [0, 0.1) is 5.92 Å². The van der Waals surface area contributed by atoms with E-state index in [0.717, 1.165) is 25.7 Å². The van der Waals surface area contributed by atoms with Gasteiger partial charge in [0.2, 0.25) is 0 Å². The van der Waals surface area contributed by atoms with E-state index in [1.54, 1.807) is 11.8 Å². The molecule has 2 atom stereocenters. The van der Waals surface area contributed by atoms with Crippen LogP contribution < -0.4 is 10.6 Å². The highest BCUT2D eigenvalue weighted by Gasteiger charge is 2.30. The molecule has 5 nitrogen and oxygen atoms in total. The molecule has 0 saturated heterocycles. The molecule has 6 heteroatoms. The lowest BCUT2D eigenvalue weighted by molar-refractivity contribution is -0.141. The van der Waals surface area contributed by atoms with Crippen LogP contribution >= 0.6 is 11.8 Å². The Bertz CT molecular complexity index is 306. The van der Waals surface area contributed by atoms with Gasteiger partial charge >= 0.3 is 12.0 Å². The first-order valence-electron chi connectivity index (χ1n) is 6.84. The molecule has 0 bridgehead atoms. The second-order valence-electron chi connectivity index (χ2n) is 5.11. The van der Waals surface area contributed by atoms with E-state index in [9.17, 15) is 14.7 Å². The van der Waals surface area contributed by atoms with Crippen LogP contribution in [0.2, 0.25) is 0 Å². The Morgan fingerprint density at radius 1 is 1.32 bits per heavy atom. The number of rotatable bonds is 6. The molecular weight excluding hydrogens is 264 g/mol. The van der Waals surface area contributed by atoms with E-state index in [4.69, 9.17) is 0 Å². The van der Waals surface area contributed by atoms with Gasteiger partial charge in [0.15, 0.2) is 0 Å². The van der Waals surface area contributed by atoms with Crippen LogP contribution in [0.3, 0.4) is 0 Å². The molecule has 19 heavy (non-hydrogen) atoms. The van der Waals surface area contributed by atoms with E-state index >= 15 is 0 Å². The van der Waals surface area contributed by atoms with Crippen LogP contribution in [-0.4, -0.2) is 41.2 Å². The highest BCUT2D eigenvalue weighted by molar-refractivity contribution is 7.99. The Hall–Kier alpha value is -0.910. The van der Waals surface area contributed by atoms with Crippen molar-refractivity contribution in [2.75, 3.05) is 12.8 Å². The Balaban J connectivity index is 2.44. The zero-order valence-corrected chi connectivity index (χ0v) is 12.5. The van der Waals surface area contributed by atoms with E-state index in [-0.39, 0.29) is 11.9 Å². The van der Waals surface area contributed by atoms with Crippen molar-refractivity contribution >= 4 is 23.8 Å². The third kappa shape index (κ3) is 5.72. The quantitative estimate of drug-likeness (QED) is 0.699. The topological polar surface area (TPSA) is 78.4 Å². The number of carbonyl (C=O) groups excluding carboxylic acids is 1. The first-order valence-corrected chi connectivity index (χ1v) is 8.13. The van der Waals surface area contributed by atoms with Crippen LogP contribution in [0.1, 0.15) is 39.0 Å². The number of aliphatic carboxylic acids is 1. The van der Waals surface area contributed by atoms with E-state index in [1.807, 2.05) is 13.2 Å². The predicted octanol–water partition coefficient (Wildman–Crippen LogP) is 2.07. The summed E-state index contributed by atoms with van der Waals surface area (Å²) in [5.41, 5.74) is 0.